The largest absolute Gasteiger partial charge is 0.343 e. The highest BCUT2D eigenvalue weighted by Crippen LogP contribution is 2.22. The number of rotatable bonds is 4. The zero-order valence-corrected chi connectivity index (χ0v) is 13.7. The number of thiazole rings is 1. The summed E-state index contributed by atoms with van der Waals surface area (Å²) in [4.78, 5) is 24.2. The van der Waals surface area contributed by atoms with Gasteiger partial charge in [0.15, 0.2) is 0 Å². The summed E-state index contributed by atoms with van der Waals surface area (Å²) in [5.74, 6) is 0.495. The van der Waals surface area contributed by atoms with Crippen molar-refractivity contribution in [3.8, 4) is 10.6 Å². The number of benzene rings is 1. The Hall–Kier alpha value is -3.00. The van der Waals surface area contributed by atoms with E-state index in [0.717, 1.165) is 21.6 Å². The number of hydrogen-bond donors (Lipinski definition) is 2. The van der Waals surface area contributed by atoms with Crippen molar-refractivity contribution in [1.29, 1.82) is 0 Å². The number of fused-ring (bicyclic) bond motifs is 1. The number of amides is 1. The van der Waals surface area contributed by atoms with Crippen LogP contribution in [0.3, 0.4) is 0 Å². The molecule has 0 spiro atoms. The molecule has 0 fully saturated rings. The Labute approximate surface area is 141 Å². The Morgan fingerprint density at radius 1 is 1.33 bits per heavy atom. The van der Waals surface area contributed by atoms with E-state index in [-0.39, 0.29) is 5.91 Å². The van der Waals surface area contributed by atoms with Crippen molar-refractivity contribution in [2.24, 2.45) is 7.05 Å². The van der Waals surface area contributed by atoms with E-state index in [2.05, 4.69) is 25.4 Å². The lowest BCUT2D eigenvalue weighted by Gasteiger charge is -1.99. The number of para-hydroxylation sites is 2. The number of hydrogen-bond acceptors (Lipinski definition) is 5. The highest BCUT2D eigenvalue weighted by molar-refractivity contribution is 7.13. The molecule has 3 heterocycles. The van der Waals surface area contributed by atoms with Crippen LogP contribution < -0.4 is 5.32 Å². The summed E-state index contributed by atoms with van der Waals surface area (Å²) >= 11 is 1.42. The second-order valence-electron chi connectivity index (χ2n) is 5.32. The molecule has 0 saturated carbocycles. The van der Waals surface area contributed by atoms with Crippen molar-refractivity contribution >= 4 is 28.3 Å². The lowest BCUT2D eigenvalue weighted by molar-refractivity contribution is 0.0946. The van der Waals surface area contributed by atoms with Crippen LogP contribution in [0.1, 0.15) is 16.3 Å². The molecule has 0 saturated heterocycles. The first-order chi connectivity index (χ1) is 11.7. The lowest BCUT2D eigenvalue weighted by Crippen LogP contribution is -2.23. The normalized spacial score (nSPS) is 11.0. The lowest BCUT2D eigenvalue weighted by atomic mass is 10.3. The molecule has 4 aromatic rings. The van der Waals surface area contributed by atoms with Crippen molar-refractivity contribution in [2.45, 2.75) is 6.54 Å². The minimum Gasteiger partial charge on any atom is -0.343 e. The number of aromatic amines is 1. The van der Waals surface area contributed by atoms with E-state index >= 15 is 0 Å². The molecule has 0 atom stereocenters. The smallest absolute Gasteiger partial charge is 0.271 e. The second-order valence-corrected chi connectivity index (χ2v) is 6.18. The Morgan fingerprint density at radius 2 is 2.21 bits per heavy atom. The first kappa shape index (κ1) is 14.6. The SMILES string of the molecule is Cn1cc(-c2nc(C(=O)NCc3nc4ccccc4[nH]3)cs2)cn1. The van der Waals surface area contributed by atoms with Gasteiger partial charge in [0.25, 0.3) is 5.91 Å². The minimum absolute atomic E-state index is 0.221. The number of carbonyl (C=O) groups excluding carboxylic acids is 1. The fourth-order valence-corrected chi connectivity index (χ4v) is 3.16. The van der Waals surface area contributed by atoms with E-state index in [1.165, 1.54) is 11.3 Å². The molecule has 4 rings (SSSR count). The van der Waals surface area contributed by atoms with Crippen LogP contribution >= 0.6 is 11.3 Å². The number of aromatic nitrogens is 5. The molecular weight excluding hydrogens is 324 g/mol. The van der Waals surface area contributed by atoms with Gasteiger partial charge in [-0.15, -0.1) is 11.3 Å². The van der Waals surface area contributed by atoms with Gasteiger partial charge in [-0.05, 0) is 12.1 Å². The molecule has 0 bridgehead atoms. The number of imidazole rings is 1. The average Bonchev–Trinajstić information content (AvgIpc) is 3.30. The van der Waals surface area contributed by atoms with Gasteiger partial charge < -0.3 is 10.3 Å². The van der Waals surface area contributed by atoms with Crippen molar-refractivity contribution in [3.63, 3.8) is 0 Å². The number of nitrogens with zero attached hydrogens (tertiary/aromatic N) is 4. The topological polar surface area (TPSA) is 88.5 Å². The summed E-state index contributed by atoms with van der Waals surface area (Å²) in [6, 6.07) is 7.75. The predicted molar refractivity (Wildman–Crippen MR) is 91.6 cm³/mol. The third-order valence-electron chi connectivity index (χ3n) is 3.54. The van der Waals surface area contributed by atoms with E-state index in [1.54, 1.807) is 16.3 Å². The van der Waals surface area contributed by atoms with Gasteiger partial charge in [-0.1, -0.05) is 12.1 Å². The Balaban J connectivity index is 1.45. The van der Waals surface area contributed by atoms with Gasteiger partial charge in [-0.3, -0.25) is 9.48 Å². The Bertz CT molecular complexity index is 981. The van der Waals surface area contributed by atoms with Gasteiger partial charge >= 0.3 is 0 Å². The van der Waals surface area contributed by atoms with Crippen LogP contribution in [0.5, 0.6) is 0 Å². The zero-order chi connectivity index (χ0) is 16.5. The molecule has 0 radical (unpaired) electrons. The molecule has 120 valence electrons. The summed E-state index contributed by atoms with van der Waals surface area (Å²) in [5, 5.41) is 9.47. The van der Waals surface area contributed by atoms with Gasteiger partial charge in [0.2, 0.25) is 0 Å². The van der Waals surface area contributed by atoms with Gasteiger partial charge in [0.05, 0.1) is 23.8 Å². The molecule has 24 heavy (non-hydrogen) atoms. The maximum absolute atomic E-state index is 12.3. The summed E-state index contributed by atoms with van der Waals surface area (Å²) < 4.78 is 1.71. The molecule has 2 N–H and O–H groups in total. The van der Waals surface area contributed by atoms with Crippen LogP contribution in [0.4, 0.5) is 0 Å². The molecule has 7 nitrogen and oxygen atoms in total. The van der Waals surface area contributed by atoms with Gasteiger partial charge in [0, 0.05) is 24.2 Å². The van der Waals surface area contributed by atoms with E-state index in [4.69, 9.17) is 0 Å². The summed E-state index contributed by atoms with van der Waals surface area (Å²) in [7, 11) is 1.85. The summed E-state index contributed by atoms with van der Waals surface area (Å²) in [6.45, 7) is 0.327. The fourth-order valence-electron chi connectivity index (χ4n) is 2.39. The van der Waals surface area contributed by atoms with Crippen LogP contribution in [-0.4, -0.2) is 30.6 Å². The molecule has 1 aromatic carbocycles. The molecule has 0 unspecified atom stereocenters. The van der Waals surface area contributed by atoms with Crippen molar-refractivity contribution < 1.29 is 4.79 Å². The molecule has 8 heteroatoms. The van der Waals surface area contributed by atoms with E-state index in [0.29, 0.717) is 18.1 Å². The molecule has 1 amide bonds. The maximum atomic E-state index is 12.3. The van der Waals surface area contributed by atoms with Crippen LogP contribution in [0.25, 0.3) is 21.6 Å². The third kappa shape index (κ3) is 2.79. The fraction of sp³-hybridized carbons (Fsp3) is 0.125. The number of nitrogens with one attached hydrogen (secondary N) is 2. The molecule has 0 aliphatic rings. The van der Waals surface area contributed by atoms with Crippen LogP contribution in [0.15, 0.2) is 42.0 Å². The Morgan fingerprint density at radius 3 is 3.00 bits per heavy atom. The number of carbonyl (C=O) groups is 1. The Kier molecular flexibility index (Phi) is 3.58. The molecule has 0 aliphatic carbocycles. The molecular formula is C16H14N6OS. The van der Waals surface area contributed by atoms with Gasteiger partial charge in [0.1, 0.15) is 16.5 Å². The van der Waals surface area contributed by atoms with Gasteiger partial charge in [-0.2, -0.15) is 5.10 Å². The van der Waals surface area contributed by atoms with E-state index < -0.39 is 0 Å². The summed E-state index contributed by atoms with van der Waals surface area (Å²) in [5.41, 5.74) is 3.14. The van der Waals surface area contributed by atoms with E-state index in [9.17, 15) is 4.79 Å². The monoisotopic (exact) mass is 338 g/mol. The van der Waals surface area contributed by atoms with Gasteiger partial charge in [-0.25, -0.2) is 9.97 Å². The van der Waals surface area contributed by atoms with Crippen molar-refractivity contribution in [1.82, 2.24) is 30.0 Å². The average molecular weight is 338 g/mol. The quantitative estimate of drug-likeness (QED) is 0.598. The number of H-pyrrole nitrogens is 1. The first-order valence-electron chi connectivity index (χ1n) is 7.35. The predicted octanol–water partition coefficient (Wildman–Crippen LogP) is 2.35. The second kappa shape index (κ2) is 5.89. The highest BCUT2D eigenvalue weighted by atomic mass is 32.1. The van der Waals surface area contributed by atoms with Crippen LogP contribution in [0.2, 0.25) is 0 Å². The van der Waals surface area contributed by atoms with Crippen molar-refractivity contribution in [2.75, 3.05) is 0 Å². The molecule has 0 aliphatic heterocycles. The van der Waals surface area contributed by atoms with E-state index in [1.807, 2.05) is 37.5 Å². The van der Waals surface area contributed by atoms with Crippen LogP contribution in [0, 0.1) is 0 Å². The maximum Gasteiger partial charge on any atom is 0.271 e. The minimum atomic E-state index is -0.221. The van der Waals surface area contributed by atoms with Crippen LogP contribution in [-0.2, 0) is 13.6 Å². The molecule has 3 aromatic heterocycles. The first-order valence-corrected chi connectivity index (χ1v) is 8.23. The highest BCUT2D eigenvalue weighted by Gasteiger charge is 2.13. The third-order valence-corrected chi connectivity index (χ3v) is 4.43. The summed E-state index contributed by atoms with van der Waals surface area (Å²) in [6.07, 6.45) is 3.60. The zero-order valence-electron chi connectivity index (χ0n) is 12.9. The number of aryl methyl sites for hydroxylation is 1. The standard InChI is InChI=1S/C16H14N6OS/c1-22-8-10(6-18-22)16-21-13(9-24-16)15(23)17-7-14-19-11-4-2-3-5-12(11)20-14/h2-6,8-9H,7H2,1H3,(H,17,23)(H,19,20). The van der Waals surface area contributed by atoms with Crippen molar-refractivity contribution in [3.05, 3.63) is 53.6 Å².